The van der Waals surface area contributed by atoms with Crippen LogP contribution in [0.25, 0.3) is 0 Å². The first-order chi connectivity index (χ1) is 5.97. The maximum absolute atomic E-state index is 2.65. The SMILES string of the molecule is CC1=CCC2(C(C)(C)C)CCCN12. The van der Waals surface area contributed by atoms with Gasteiger partial charge in [0.1, 0.15) is 0 Å². The second-order valence-electron chi connectivity index (χ2n) is 5.59. The van der Waals surface area contributed by atoms with Gasteiger partial charge < -0.3 is 4.90 Å². The van der Waals surface area contributed by atoms with E-state index < -0.39 is 0 Å². The molecule has 13 heavy (non-hydrogen) atoms. The summed E-state index contributed by atoms with van der Waals surface area (Å²) in [6.07, 6.45) is 6.44. The van der Waals surface area contributed by atoms with Gasteiger partial charge in [-0.25, -0.2) is 0 Å². The number of hydrogen-bond acceptors (Lipinski definition) is 1. The second kappa shape index (κ2) is 2.52. The normalized spacial score (nSPS) is 33.5. The Kier molecular flexibility index (Phi) is 1.77. The molecular weight excluding hydrogens is 158 g/mol. The zero-order valence-electron chi connectivity index (χ0n) is 9.35. The Labute approximate surface area is 81.8 Å². The lowest BCUT2D eigenvalue weighted by atomic mass is 9.71. The van der Waals surface area contributed by atoms with Gasteiger partial charge in [-0.05, 0) is 31.6 Å². The van der Waals surface area contributed by atoms with E-state index >= 15 is 0 Å². The van der Waals surface area contributed by atoms with E-state index in [2.05, 4.69) is 38.7 Å². The standard InChI is InChI=1S/C12H21N/c1-10-6-8-12(11(2,3)4)7-5-9-13(10)12/h6H,5,7-9H2,1-4H3. The van der Waals surface area contributed by atoms with Crippen LogP contribution in [0.4, 0.5) is 0 Å². The lowest BCUT2D eigenvalue weighted by Gasteiger charge is -2.46. The van der Waals surface area contributed by atoms with Gasteiger partial charge in [0.05, 0.1) is 0 Å². The van der Waals surface area contributed by atoms with Gasteiger partial charge in [-0.3, -0.25) is 0 Å². The molecule has 0 saturated carbocycles. The first-order valence-corrected chi connectivity index (χ1v) is 5.42. The van der Waals surface area contributed by atoms with Gasteiger partial charge in [-0.2, -0.15) is 0 Å². The molecule has 2 rings (SSSR count). The lowest BCUT2D eigenvalue weighted by Crippen LogP contribution is -2.49. The summed E-state index contributed by atoms with van der Waals surface area (Å²) in [5.74, 6) is 0. The van der Waals surface area contributed by atoms with Crippen molar-refractivity contribution < 1.29 is 0 Å². The Balaban J connectivity index is 2.34. The summed E-state index contributed by atoms with van der Waals surface area (Å²) in [5.41, 5.74) is 2.38. The highest BCUT2D eigenvalue weighted by molar-refractivity contribution is 5.21. The van der Waals surface area contributed by atoms with E-state index in [-0.39, 0.29) is 0 Å². The summed E-state index contributed by atoms with van der Waals surface area (Å²) in [6, 6.07) is 0. The van der Waals surface area contributed by atoms with Crippen LogP contribution < -0.4 is 0 Å². The van der Waals surface area contributed by atoms with Crippen LogP contribution in [0.5, 0.6) is 0 Å². The Hall–Kier alpha value is -0.460. The van der Waals surface area contributed by atoms with Gasteiger partial charge >= 0.3 is 0 Å². The van der Waals surface area contributed by atoms with E-state index in [1.165, 1.54) is 31.5 Å². The zero-order valence-corrected chi connectivity index (χ0v) is 9.35. The largest absolute Gasteiger partial charge is 0.369 e. The molecule has 0 aromatic heterocycles. The average Bonchev–Trinajstić information content (AvgIpc) is 2.51. The summed E-state index contributed by atoms with van der Waals surface area (Å²) in [4.78, 5) is 2.65. The molecule has 1 nitrogen and oxygen atoms in total. The van der Waals surface area contributed by atoms with Crippen molar-refractivity contribution in [1.82, 2.24) is 4.90 Å². The van der Waals surface area contributed by atoms with Crippen LogP contribution >= 0.6 is 0 Å². The van der Waals surface area contributed by atoms with Crippen molar-refractivity contribution in [1.29, 1.82) is 0 Å². The Morgan fingerprint density at radius 2 is 2.08 bits per heavy atom. The van der Waals surface area contributed by atoms with Gasteiger partial charge in [0.2, 0.25) is 0 Å². The molecule has 1 atom stereocenters. The fourth-order valence-electron chi connectivity index (χ4n) is 3.12. The highest BCUT2D eigenvalue weighted by Gasteiger charge is 2.51. The van der Waals surface area contributed by atoms with Crippen LogP contribution in [0.3, 0.4) is 0 Å². The van der Waals surface area contributed by atoms with Crippen molar-refractivity contribution in [2.45, 2.75) is 52.5 Å². The van der Waals surface area contributed by atoms with Crippen molar-refractivity contribution in [2.75, 3.05) is 6.54 Å². The third kappa shape index (κ3) is 1.06. The molecular formula is C12H21N. The van der Waals surface area contributed by atoms with E-state index in [1.54, 1.807) is 0 Å². The number of rotatable bonds is 0. The minimum Gasteiger partial charge on any atom is -0.369 e. The predicted molar refractivity (Wildman–Crippen MR) is 56.5 cm³/mol. The van der Waals surface area contributed by atoms with E-state index in [4.69, 9.17) is 0 Å². The van der Waals surface area contributed by atoms with Crippen LogP contribution in [0.2, 0.25) is 0 Å². The van der Waals surface area contributed by atoms with Crippen molar-refractivity contribution in [2.24, 2.45) is 5.41 Å². The fourth-order valence-corrected chi connectivity index (χ4v) is 3.12. The Morgan fingerprint density at radius 3 is 2.62 bits per heavy atom. The molecule has 0 aromatic carbocycles. The van der Waals surface area contributed by atoms with Gasteiger partial charge in [-0.15, -0.1) is 0 Å². The minimum absolute atomic E-state index is 0.414. The van der Waals surface area contributed by atoms with Crippen molar-refractivity contribution in [3.63, 3.8) is 0 Å². The molecule has 0 radical (unpaired) electrons. The summed E-state index contributed by atoms with van der Waals surface area (Å²) in [5, 5.41) is 0. The van der Waals surface area contributed by atoms with Gasteiger partial charge in [0.25, 0.3) is 0 Å². The summed E-state index contributed by atoms with van der Waals surface area (Å²) < 4.78 is 0. The second-order valence-corrected chi connectivity index (χ2v) is 5.59. The van der Waals surface area contributed by atoms with Crippen LogP contribution in [0, 0.1) is 5.41 Å². The molecule has 0 aliphatic carbocycles. The molecule has 0 aromatic rings. The molecule has 2 aliphatic heterocycles. The van der Waals surface area contributed by atoms with Crippen molar-refractivity contribution in [3.05, 3.63) is 11.8 Å². The molecule has 1 fully saturated rings. The quantitative estimate of drug-likeness (QED) is 0.552. The van der Waals surface area contributed by atoms with Crippen LogP contribution in [0.1, 0.15) is 47.0 Å². The highest BCUT2D eigenvalue weighted by atomic mass is 15.3. The van der Waals surface area contributed by atoms with Crippen LogP contribution in [-0.4, -0.2) is 17.0 Å². The fraction of sp³-hybridized carbons (Fsp3) is 0.833. The van der Waals surface area contributed by atoms with Gasteiger partial charge in [0, 0.05) is 17.8 Å². The molecule has 2 heterocycles. The minimum atomic E-state index is 0.414. The lowest BCUT2D eigenvalue weighted by molar-refractivity contribution is 0.0714. The first kappa shape index (κ1) is 9.11. The topological polar surface area (TPSA) is 3.24 Å². The molecule has 1 heteroatoms. The van der Waals surface area contributed by atoms with Crippen LogP contribution in [-0.2, 0) is 0 Å². The number of allylic oxidation sites excluding steroid dienone is 1. The highest BCUT2D eigenvalue weighted by Crippen LogP contribution is 2.51. The van der Waals surface area contributed by atoms with E-state index in [1.807, 2.05) is 0 Å². The zero-order chi connectivity index (χ0) is 9.69. The predicted octanol–water partition coefficient (Wildman–Crippen LogP) is 3.17. The molecule has 0 spiro atoms. The Bertz CT molecular complexity index is 246. The average molecular weight is 179 g/mol. The maximum Gasteiger partial charge on any atom is 0.0482 e. The molecule has 0 amide bonds. The monoisotopic (exact) mass is 179 g/mol. The molecule has 0 bridgehead atoms. The van der Waals surface area contributed by atoms with E-state index in [0.717, 1.165) is 0 Å². The van der Waals surface area contributed by atoms with E-state index in [0.29, 0.717) is 11.0 Å². The van der Waals surface area contributed by atoms with Crippen molar-refractivity contribution in [3.8, 4) is 0 Å². The smallest absolute Gasteiger partial charge is 0.0482 e. The summed E-state index contributed by atoms with van der Waals surface area (Å²) in [7, 11) is 0. The maximum atomic E-state index is 2.65. The third-order valence-electron chi connectivity index (χ3n) is 4.05. The summed E-state index contributed by atoms with van der Waals surface area (Å²) in [6.45, 7) is 10.7. The molecule has 1 saturated heterocycles. The van der Waals surface area contributed by atoms with Gasteiger partial charge in [0.15, 0.2) is 0 Å². The first-order valence-electron chi connectivity index (χ1n) is 5.42. The van der Waals surface area contributed by atoms with E-state index in [9.17, 15) is 0 Å². The summed E-state index contributed by atoms with van der Waals surface area (Å²) >= 11 is 0. The molecule has 1 unspecified atom stereocenters. The Morgan fingerprint density at radius 1 is 1.38 bits per heavy atom. The third-order valence-corrected chi connectivity index (χ3v) is 4.05. The molecule has 2 aliphatic rings. The molecule has 74 valence electrons. The number of nitrogens with zero attached hydrogens (tertiary/aromatic N) is 1. The van der Waals surface area contributed by atoms with Gasteiger partial charge in [-0.1, -0.05) is 26.8 Å². The number of hydrogen-bond donors (Lipinski definition) is 0. The van der Waals surface area contributed by atoms with Crippen molar-refractivity contribution >= 4 is 0 Å². The molecule has 0 N–H and O–H groups in total. The van der Waals surface area contributed by atoms with Crippen LogP contribution in [0.15, 0.2) is 11.8 Å². The number of fused-ring (bicyclic) bond motifs is 1.